The number of likely N-dealkylation sites (N-methyl/N-ethyl adjacent to an activating group) is 2. The molecule has 0 bridgehead atoms. The van der Waals surface area contributed by atoms with Crippen molar-refractivity contribution in [2.75, 3.05) is 32.5 Å². The van der Waals surface area contributed by atoms with E-state index in [1.165, 1.54) is 24.1 Å². The van der Waals surface area contributed by atoms with E-state index in [9.17, 15) is 0 Å². The van der Waals surface area contributed by atoms with E-state index in [4.69, 9.17) is 0 Å². The molecule has 1 unspecified atom stereocenters. The zero-order valence-electron chi connectivity index (χ0n) is 15.8. The normalized spacial score (nSPS) is 17.5. The fraction of sp³-hybridized carbons (Fsp3) is 0.333. The summed E-state index contributed by atoms with van der Waals surface area (Å²) in [5.74, 6) is 0.846. The third-order valence-electron chi connectivity index (χ3n) is 5.05. The maximum Gasteiger partial charge on any atom is 0.188 e. The van der Waals surface area contributed by atoms with Gasteiger partial charge in [-0.1, -0.05) is 41.7 Å². The van der Waals surface area contributed by atoms with Crippen LogP contribution in [0.25, 0.3) is 10.4 Å². The van der Waals surface area contributed by atoms with Gasteiger partial charge in [0.25, 0.3) is 0 Å². The Labute approximate surface area is 164 Å². The number of nitrogens with one attached hydrogen (secondary N) is 1. The number of benzene rings is 1. The van der Waals surface area contributed by atoms with Crippen molar-refractivity contribution < 1.29 is 0 Å². The molecule has 0 saturated carbocycles. The fourth-order valence-corrected chi connectivity index (χ4v) is 4.34. The molecule has 0 amide bonds. The number of aromatic nitrogens is 2. The first-order valence-corrected chi connectivity index (χ1v) is 10.1. The molecule has 2 aromatic heterocycles. The zero-order chi connectivity index (χ0) is 18.6. The summed E-state index contributed by atoms with van der Waals surface area (Å²) in [4.78, 5) is 15.0. The second-order valence-electron chi connectivity index (χ2n) is 7.19. The molecule has 1 fully saturated rings. The Bertz CT molecular complexity index is 879. The molecule has 0 radical (unpaired) electrons. The van der Waals surface area contributed by atoms with Gasteiger partial charge in [-0.2, -0.15) is 0 Å². The van der Waals surface area contributed by atoms with Gasteiger partial charge >= 0.3 is 0 Å². The highest BCUT2D eigenvalue weighted by Crippen LogP contribution is 2.30. The van der Waals surface area contributed by atoms with Gasteiger partial charge in [-0.3, -0.25) is 4.90 Å². The van der Waals surface area contributed by atoms with Gasteiger partial charge in [0.15, 0.2) is 5.13 Å². The third-order valence-corrected chi connectivity index (χ3v) is 6.01. The Morgan fingerprint density at radius 3 is 2.85 bits per heavy atom. The maximum absolute atomic E-state index is 4.50. The molecule has 3 heterocycles. The van der Waals surface area contributed by atoms with Crippen LogP contribution in [0.4, 0.5) is 10.9 Å². The monoisotopic (exact) mass is 379 g/mol. The lowest BCUT2D eigenvalue weighted by Crippen LogP contribution is -2.33. The molecule has 5 nitrogen and oxygen atoms in total. The summed E-state index contributed by atoms with van der Waals surface area (Å²) >= 11 is 1.64. The Balaban J connectivity index is 1.41. The predicted molar refractivity (Wildman–Crippen MR) is 112 cm³/mol. The molecular formula is C21H25N5S. The number of likely N-dealkylation sites (tertiary alicyclic amines) is 1. The molecular weight excluding hydrogens is 354 g/mol. The van der Waals surface area contributed by atoms with E-state index in [0.717, 1.165) is 28.9 Å². The maximum atomic E-state index is 4.50. The first-order valence-electron chi connectivity index (χ1n) is 9.29. The lowest BCUT2D eigenvalue weighted by Gasteiger charge is -2.24. The lowest BCUT2D eigenvalue weighted by atomic mass is 10.2. The number of hydrogen-bond donors (Lipinski definition) is 1. The Morgan fingerprint density at radius 1 is 1.22 bits per heavy atom. The minimum Gasteiger partial charge on any atom is -0.316 e. The molecule has 4 rings (SSSR count). The Morgan fingerprint density at radius 2 is 2.07 bits per heavy atom. The molecule has 1 aromatic carbocycles. The van der Waals surface area contributed by atoms with E-state index < -0.39 is 0 Å². The molecule has 1 N–H and O–H groups in total. The average molecular weight is 380 g/mol. The minimum absolute atomic E-state index is 0.631. The summed E-state index contributed by atoms with van der Waals surface area (Å²) in [5.41, 5.74) is 2.46. The van der Waals surface area contributed by atoms with Crippen LogP contribution in [-0.4, -0.2) is 53.0 Å². The minimum atomic E-state index is 0.631. The van der Waals surface area contributed by atoms with Crippen LogP contribution in [0.2, 0.25) is 0 Å². The number of thiazole rings is 1. The van der Waals surface area contributed by atoms with E-state index in [2.05, 4.69) is 63.4 Å². The molecule has 1 atom stereocenters. The van der Waals surface area contributed by atoms with Crippen molar-refractivity contribution in [3.63, 3.8) is 0 Å². The zero-order valence-corrected chi connectivity index (χ0v) is 16.6. The van der Waals surface area contributed by atoms with Crippen LogP contribution in [0.15, 0.2) is 54.9 Å². The summed E-state index contributed by atoms with van der Waals surface area (Å²) in [5, 5.41) is 4.22. The quantitative estimate of drug-likeness (QED) is 0.699. The van der Waals surface area contributed by atoms with Crippen molar-refractivity contribution in [1.29, 1.82) is 0 Å². The van der Waals surface area contributed by atoms with Gasteiger partial charge in [-0.25, -0.2) is 9.97 Å². The Hall–Kier alpha value is -2.28. The van der Waals surface area contributed by atoms with Gasteiger partial charge in [0, 0.05) is 31.5 Å². The van der Waals surface area contributed by atoms with Gasteiger partial charge in [0.1, 0.15) is 5.82 Å². The van der Waals surface area contributed by atoms with Crippen molar-refractivity contribution in [1.82, 2.24) is 19.8 Å². The Kier molecular flexibility index (Phi) is 5.48. The second-order valence-corrected chi connectivity index (χ2v) is 8.22. The largest absolute Gasteiger partial charge is 0.316 e. The molecule has 1 aliphatic heterocycles. The predicted octanol–water partition coefficient (Wildman–Crippen LogP) is 4.08. The van der Waals surface area contributed by atoms with Crippen LogP contribution in [0, 0.1) is 0 Å². The summed E-state index contributed by atoms with van der Waals surface area (Å²) in [6.07, 6.45) is 5.03. The number of pyridine rings is 1. The molecule has 6 heteroatoms. The van der Waals surface area contributed by atoms with Crippen LogP contribution >= 0.6 is 11.3 Å². The van der Waals surface area contributed by atoms with Crippen LogP contribution < -0.4 is 5.32 Å². The number of anilines is 2. The van der Waals surface area contributed by atoms with E-state index >= 15 is 0 Å². The summed E-state index contributed by atoms with van der Waals surface area (Å²) < 4.78 is 0. The first-order chi connectivity index (χ1) is 13.2. The van der Waals surface area contributed by atoms with Crippen LogP contribution in [0.5, 0.6) is 0 Å². The number of nitrogens with zero attached hydrogens (tertiary/aromatic N) is 4. The standard InChI is InChI=1S/C21H25N5S/c1-25-11-9-18(15-25)26(2)14-16-8-10-22-20(12-16)24-21-23-13-19(27-21)17-6-4-3-5-7-17/h3-8,10,12-13,18H,9,11,14-15H2,1-2H3,(H,22,23,24). The highest BCUT2D eigenvalue weighted by atomic mass is 32.1. The van der Waals surface area contributed by atoms with Gasteiger partial charge in [0.05, 0.1) is 4.88 Å². The highest BCUT2D eigenvalue weighted by molar-refractivity contribution is 7.18. The highest BCUT2D eigenvalue weighted by Gasteiger charge is 2.23. The molecule has 140 valence electrons. The summed E-state index contributed by atoms with van der Waals surface area (Å²) in [6.45, 7) is 3.27. The van der Waals surface area contributed by atoms with Crippen molar-refractivity contribution >= 4 is 22.3 Å². The van der Waals surface area contributed by atoms with Gasteiger partial charge < -0.3 is 10.2 Å². The molecule has 27 heavy (non-hydrogen) atoms. The van der Waals surface area contributed by atoms with Gasteiger partial charge in [-0.15, -0.1) is 0 Å². The molecule has 3 aromatic rings. The first kappa shape index (κ1) is 18.1. The van der Waals surface area contributed by atoms with Crippen LogP contribution in [-0.2, 0) is 6.54 Å². The van der Waals surface area contributed by atoms with Crippen molar-refractivity contribution in [2.24, 2.45) is 0 Å². The summed E-state index contributed by atoms with van der Waals surface area (Å²) in [6, 6.07) is 15.2. The average Bonchev–Trinajstić information content (AvgIpc) is 3.32. The van der Waals surface area contributed by atoms with Crippen LogP contribution in [0.1, 0.15) is 12.0 Å². The molecule has 1 saturated heterocycles. The third kappa shape index (κ3) is 4.53. The van der Waals surface area contributed by atoms with E-state index in [1.807, 2.05) is 30.6 Å². The number of rotatable bonds is 6. The van der Waals surface area contributed by atoms with Crippen LogP contribution in [0.3, 0.4) is 0 Å². The molecule has 1 aliphatic rings. The van der Waals surface area contributed by atoms with Crippen molar-refractivity contribution in [3.8, 4) is 10.4 Å². The van der Waals surface area contributed by atoms with Gasteiger partial charge in [0.2, 0.25) is 0 Å². The number of hydrogen-bond acceptors (Lipinski definition) is 6. The van der Waals surface area contributed by atoms with E-state index in [-0.39, 0.29) is 0 Å². The lowest BCUT2D eigenvalue weighted by molar-refractivity contribution is 0.234. The summed E-state index contributed by atoms with van der Waals surface area (Å²) in [7, 11) is 4.41. The van der Waals surface area contributed by atoms with Crippen molar-refractivity contribution in [2.45, 2.75) is 19.0 Å². The fourth-order valence-electron chi connectivity index (χ4n) is 3.51. The molecule has 0 spiro atoms. The SMILES string of the molecule is CN1CCC(N(C)Cc2ccnc(Nc3ncc(-c4ccccc4)s3)c2)C1. The smallest absolute Gasteiger partial charge is 0.188 e. The van der Waals surface area contributed by atoms with Gasteiger partial charge in [-0.05, 0) is 50.3 Å². The molecule has 0 aliphatic carbocycles. The topological polar surface area (TPSA) is 44.3 Å². The van der Waals surface area contributed by atoms with E-state index in [1.54, 1.807) is 11.3 Å². The second kappa shape index (κ2) is 8.17. The van der Waals surface area contributed by atoms with E-state index in [0.29, 0.717) is 6.04 Å². The van der Waals surface area contributed by atoms with Crippen molar-refractivity contribution in [3.05, 3.63) is 60.4 Å².